The molecule has 1 atom stereocenters. The minimum atomic E-state index is -0.891. The van der Waals surface area contributed by atoms with Crippen LogP contribution >= 0.6 is 0 Å². The summed E-state index contributed by atoms with van der Waals surface area (Å²) in [6, 6.07) is 14.7. The Kier molecular flexibility index (Phi) is 6.44. The summed E-state index contributed by atoms with van der Waals surface area (Å²) < 4.78 is 21.0. The van der Waals surface area contributed by atoms with E-state index in [0.29, 0.717) is 11.5 Å². The summed E-state index contributed by atoms with van der Waals surface area (Å²) in [5, 5.41) is 0. The van der Waals surface area contributed by atoms with Gasteiger partial charge in [-0.2, -0.15) is 0 Å². The van der Waals surface area contributed by atoms with Gasteiger partial charge in [-0.1, -0.05) is 24.3 Å². The molecule has 0 fully saturated rings. The first-order valence-corrected chi connectivity index (χ1v) is 10.3. The number of benzene rings is 2. The van der Waals surface area contributed by atoms with Crippen LogP contribution < -0.4 is 9.47 Å². The topological polar surface area (TPSA) is 95.3 Å². The predicted molar refractivity (Wildman–Crippen MR) is 117 cm³/mol. The number of furan rings is 1. The summed E-state index contributed by atoms with van der Waals surface area (Å²) in [5.41, 5.74) is 2.13. The zero-order chi connectivity index (χ0) is 23.4. The number of fused-ring (bicyclic) bond motifs is 1. The third-order valence-electron chi connectivity index (χ3n) is 5.57. The van der Waals surface area contributed by atoms with Gasteiger partial charge in [-0.15, -0.1) is 0 Å². The molecule has 0 saturated carbocycles. The van der Waals surface area contributed by atoms with Crippen molar-refractivity contribution in [2.45, 2.75) is 19.0 Å². The quantitative estimate of drug-likeness (QED) is 0.403. The van der Waals surface area contributed by atoms with E-state index in [1.165, 1.54) is 31.4 Å². The van der Waals surface area contributed by atoms with Crippen molar-refractivity contribution >= 4 is 17.7 Å². The lowest BCUT2D eigenvalue weighted by atomic mass is 9.93. The Hall–Kier alpha value is -4.07. The number of ketones is 1. The van der Waals surface area contributed by atoms with E-state index >= 15 is 0 Å². The lowest BCUT2D eigenvalue weighted by Gasteiger charge is -2.34. The second-order valence-electron chi connectivity index (χ2n) is 7.50. The number of esters is 1. The molecule has 170 valence electrons. The molecule has 1 aliphatic rings. The zero-order valence-corrected chi connectivity index (χ0v) is 18.3. The third-order valence-corrected chi connectivity index (χ3v) is 5.57. The van der Waals surface area contributed by atoms with Crippen LogP contribution in [-0.2, 0) is 22.5 Å². The second kappa shape index (κ2) is 9.60. The van der Waals surface area contributed by atoms with Crippen molar-refractivity contribution in [3.8, 4) is 11.5 Å². The number of amides is 1. The van der Waals surface area contributed by atoms with Gasteiger partial charge in [0.1, 0.15) is 17.5 Å². The monoisotopic (exact) mass is 449 g/mol. The molecule has 2 aromatic carbocycles. The normalized spacial score (nSPS) is 14.8. The van der Waals surface area contributed by atoms with Crippen molar-refractivity contribution in [2.24, 2.45) is 0 Å². The van der Waals surface area contributed by atoms with Crippen LogP contribution in [0.25, 0.3) is 0 Å². The van der Waals surface area contributed by atoms with Gasteiger partial charge in [0.05, 0.1) is 26.0 Å². The van der Waals surface area contributed by atoms with Crippen LogP contribution in [0.5, 0.6) is 11.5 Å². The number of hydrogen-bond acceptors (Lipinski definition) is 7. The molecule has 0 bridgehead atoms. The number of hydrogen-bond donors (Lipinski definition) is 0. The van der Waals surface area contributed by atoms with E-state index in [1.54, 1.807) is 24.3 Å². The van der Waals surface area contributed by atoms with Crippen molar-refractivity contribution in [3.05, 3.63) is 83.3 Å². The molecule has 1 amide bonds. The summed E-state index contributed by atoms with van der Waals surface area (Å²) in [6.07, 6.45) is 1.68. The lowest BCUT2D eigenvalue weighted by molar-refractivity contribution is -0.148. The van der Waals surface area contributed by atoms with Gasteiger partial charge in [0.2, 0.25) is 5.78 Å². The Bertz CT molecular complexity index is 1170. The summed E-state index contributed by atoms with van der Waals surface area (Å²) in [5.74, 6) is -0.580. The van der Waals surface area contributed by atoms with Crippen molar-refractivity contribution in [2.75, 3.05) is 20.8 Å². The van der Waals surface area contributed by atoms with E-state index in [0.717, 1.165) is 11.1 Å². The first kappa shape index (κ1) is 22.1. The standard InChI is InChI=1S/C25H23NO7/c1-30-18-9-10-22(31-2)19(13-18)21(27)15-33-25(29)20-12-16-6-3-4-7-17(16)14-26(20)24(28)23-8-5-11-32-23/h3-11,13,20H,12,14-15H2,1-2H3. The van der Waals surface area contributed by atoms with Gasteiger partial charge in [0.15, 0.2) is 12.4 Å². The number of methoxy groups -OCH3 is 2. The Morgan fingerprint density at radius 2 is 1.79 bits per heavy atom. The fourth-order valence-electron chi connectivity index (χ4n) is 3.83. The maximum Gasteiger partial charge on any atom is 0.329 e. The van der Waals surface area contributed by atoms with Crippen molar-refractivity contribution < 1.29 is 33.0 Å². The fraction of sp³-hybridized carbons (Fsp3) is 0.240. The van der Waals surface area contributed by atoms with Crippen LogP contribution in [-0.4, -0.2) is 49.4 Å². The molecule has 1 aliphatic heterocycles. The van der Waals surface area contributed by atoms with Crippen LogP contribution in [0.15, 0.2) is 65.3 Å². The highest BCUT2D eigenvalue weighted by atomic mass is 16.5. The summed E-state index contributed by atoms with van der Waals surface area (Å²) >= 11 is 0. The number of rotatable bonds is 7. The minimum absolute atomic E-state index is 0.129. The van der Waals surface area contributed by atoms with Gasteiger partial charge >= 0.3 is 5.97 Å². The zero-order valence-electron chi connectivity index (χ0n) is 18.3. The van der Waals surface area contributed by atoms with E-state index in [2.05, 4.69) is 0 Å². The molecule has 0 radical (unpaired) electrons. The van der Waals surface area contributed by atoms with Crippen molar-refractivity contribution in [3.63, 3.8) is 0 Å². The fourth-order valence-corrected chi connectivity index (χ4v) is 3.83. The van der Waals surface area contributed by atoms with E-state index < -0.39 is 30.3 Å². The summed E-state index contributed by atoms with van der Waals surface area (Å²) in [6.45, 7) is -0.267. The molecule has 33 heavy (non-hydrogen) atoms. The number of Topliss-reactive ketones (excluding diaryl/α,β-unsaturated/α-hetero) is 1. The van der Waals surface area contributed by atoms with Crippen LogP contribution in [0.4, 0.5) is 0 Å². The molecule has 8 heteroatoms. The molecule has 1 unspecified atom stereocenters. The highest BCUT2D eigenvalue weighted by Crippen LogP contribution is 2.27. The smallest absolute Gasteiger partial charge is 0.329 e. The largest absolute Gasteiger partial charge is 0.497 e. The van der Waals surface area contributed by atoms with E-state index in [9.17, 15) is 14.4 Å². The molecule has 0 spiro atoms. The van der Waals surface area contributed by atoms with E-state index in [1.807, 2.05) is 24.3 Å². The number of carbonyl (C=O) groups is 3. The molecule has 4 rings (SSSR count). The Morgan fingerprint density at radius 1 is 1.00 bits per heavy atom. The first-order valence-electron chi connectivity index (χ1n) is 10.3. The molecule has 1 aromatic heterocycles. The van der Waals surface area contributed by atoms with E-state index in [-0.39, 0.29) is 24.3 Å². The van der Waals surface area contributed by atoms with E-state index in [4.69, 9.17) is 18.6 Å². The van der Waals surface area contributed by atoms with Gasteiger partial charge in [0.25, 0.3) is 5.91 Å². The molecule has 8 nitrogen and oxygen atoms in total. The Morgan fingerprint density at radius 3 is 2.48 bits per heavy atom. The second-order valence-corrected chi connectivity index (χ2v) is 7.50. The molecule has 2 heterocycles. The molecular formula is C25H23NO7. The lowest BCUT2D eigenvalue weighted by Crippen LogP contribution is -2.49. The molecule has 3 aromatic rings. The molecule has 0 N–H and O–H groups in total. The SMILES string of the molecule is COc1ccc(OC)c(C(=O)COC(=O)C2Cc3ccccc3CN2C(=O)c2ccco2)c1. The summed E-state index contributed by atoms with van der Waals surface area (Å²) in [7, 11) is 2.93. The summed E-state index contributed by atoms with van der Waals surface area (Å²) in [4.78, 5) is 40.3. The van der Waals surface area contributed by atoms with Gasteiger partial charge in [-0.3, -0.25) is 9.59 Å². The average molecular weight is 449 g/mol. The van der Waals surface area contributed by atoms with Crippen LogP contribution in [0, 0.1) is 0 Å². The minimum Gasteiger partial charge on any atom is -0.497 e. The Balaban J connectivity index is 1.53. The Labute approximate surface area is 190 Å². The highest BCUT2D eigenvalue weighted by Gasteiger charge is 2.37. The molecule has 0 aliphatic carbocycles. The van der Waals surface area contributed by atoms with Crippen LogP contribution in [0.1, 0.15) is 32.0 Å². The molecular weight excluding hydrogens is 426 g/mol. The predicted octanol–water partition coefficient (Wildman–Crippen LogP) is 3.29. The van der Waals surface area contributed by atoms with Gasteiger partial charge in [-0.05, 0) is 41.5 Å². The maximum atomic E-state index is 13.1. The number of nitrogens with zero attached hydrogens (tertiary/aromatic N) is 1. The van der Waals surface area contributed by atoms with Gasteiger partial charge in [-0.25, -0.2) is 4.79 Å². The van der Waals surface area contributed by atoms with Gasteiger partial charge in [0, 0.05) is 13.0 Å². The van der Waals surface area contributed by atoms with Crippen LogP contribution in [0.3, 0.4) is 0 Å². The number of ether oxygens (including phenoxy) is 3. The van der Waals surface area contributed by atoms with Gasteiger partial charge < -0.3 is 23.5 Å². The van der Waals surface area contributed by atoms with Crippen LogP contribution in [0.2, 0.25) is 0 Å². The van der Waals surface area contributed by atoms with Crippen molar-refractivity contribution in [1.82, 2.24) is 4.90 Å². The highest BCUT2D eigenvalue weighted by molar-refractivity contribution is 6.01. The average Bonchev–Trinajstić information content (AvgIpc) is 3.40. The number of carbonyl (C=O) groups excluding carboxylic acids is 3. The van der Waals surface area contributed by atoms with Crippen molar-refractivity contribution in [1.29, 1.82) is 0 Å². The molecule has 0 saturated heterocycles. The maximum absolute atomic E-state index is 13.1. The first-order chi connectivity index (χ1) is 16.0. The third kappa shape index (κ3) is 4.59.